The van der Waals surface area contributed by atoms with Gasteiger partial charge >= 0.3 is 0 Å². The molecule has 70 valence electrons. The van der Waals surface area contributed by atoms with Gasteiger partial charge in [-0.3, -0.25) is 0 Å². The summed E-state index contributed by atoms with van der Waals surface area (Å²) in [4.78, 5) is 4.09. The minimum atomic E-state index is 0.272. The van der Waals surface area contributed by atoms with Crippen LogP contribution in [-0.2, 0) is 0 Å². The Morgan fingerprint density at radius 1 is 1.62 bits per heavy atom. The van der Waals surface area contributed by atoms with Crippen molar-refractivity contribution in [3.05, 3.63) is 18.3 Å². The van der Waals surface area contributed by atoms with Gasteiger partial charge in [-0.05, 0) is 31.7 Å². The summed E-state index contributed by atoms with van der Waals surface area (Å²) in [6.07, 6.45) is 4.51. The second-order valence-corrected chi connectivity index (χ2v) is 3.59. The Kier molecular flexibility index (Phi) is 2.08. The van der Waals surface area contributed by atoms with E-state index < -0.39 is 0 Å². The molecule has 1 aromatic heterocycles. The monoisotopic (exact) mass is 178 g/mol. The van der Waals surface area contributed by atoms with Crippen LogP contribution in [0.5, 0.6) is 5.88 Å². The Morgan fingerprint density at radius 3 is 3.00 bits per heavy atom. The molecule has 0 bridgehead atoms. The summed E-state index contributed by atoms with van der Waals surface area (Å²) in [7, 11) is 0. The third-order valence-electron chi connectivity index (χ3n) is 2.35. The van der Waals surface area contributed by atoms with Gasteiger partial charge < -0.3 is 10.5 Å². The molecule has 1 aliphatic rings. The van der Waals surface area contributed by atoms with E-state index in [1.165, 1.54) is 12.8 Å². The molecule has 1 atom stereocenters. The van der Waals surface area contributed by atoms with E-state index in [1.54, 1.807) is 18.3 Å². The lowest BCUT2D eigenvalue weighted by Crippen LogP contribution is -2.14. The van der Waals surface area contributed by atoms with Gasteiger partial charge in [0.15, 0.2) is 0 Å². The maximum absolute atomic E-state index is 5.63. The van der Waals surface area contributed by atoms with E-state index in [4.69, 9.17) is 10.5 Å². The summed E-state index contributed by atoms with van der Waals surface area (Å²) < 4.78 is 5.63. The number of aromatic nitrogens is 1. The summed E-state index contributed by atoms with van der Waals surface area (Å²) in [6, 6.07) is 3.52. The van der Waals surface area contributed by atoms with Crippen LogP contribution < -0.4 is 10.5 Å². The van der Waals surface area contributed by atoms with Crippen LogP contribution in [0.3, 0.4) is 0 Å². The lowest BCUT2D eigenvalue weighted by Gasteiger charge is -2.12. The van der Waals surface area contributed by atoms with Crippen molar-refractivity contribution in [2.75, 3.05) is 5.73 Å². The number of anilines is 1. The third kappa shape index (κ3) is 2.11. The zero-order valence-corrected chi connectivity index (χ0v) is 7.73. The van der Waals surface area contributed by atoms with E-state index in [9.17, 15) is 0 Å². The number of pyridine rings is 1. The Morgan fingerprint density at radius 2 is 2.38 bits per heavy atom. The van der Waals surface area contributed by atoms with Crippen molar-refractivity contribution in [1.29, 1.82) is 0 Å². The molecular weight excluding hydrogens is 164 g/mol. The summed E-state index contributed by atoms with van der Waals surface area (Å²) in [5.74, 6) is 1.36. The van der Waals surface area contributed by atoms with Gasteiger partial charge in [0.25, 0.3) is 0 Å². The molecule has 0 aliphatic heterocycles. The highest BCUT2D eigenvalue weighted by Crippen LogP contribution is 2.34. The van der Waals surface area contributed by atoms with Crippen LogP contribution in [0.4, 0.5) is 5.69 Å². The highest BCUT2D eigenvalue weighted by Gasteiger charge is 2.29. The van der Waals surface area contributed by atoms with Crippen molar-refractivity contribution in [3.8, 4) is 5.88 Å². The molecule has 0 saturated heterocycles. The third-order valence-corrected chi connectivity index (χ3v) is 2.35. The van der Waals surface area contributed by atoms with Crippen molar-refractivity contribution < 1.29 is 4.74 Å². The molecule has 2 N–H and O–H groups in total. The second kappa shape index (κ2) is 3.24. The zero-order chi connectivity index (χ0) is 9.26. The van der Waals surface area contributed by atoms with E-state index in [-0.39, 0.29) is 6.10 Å². The number of ether oxygens (including phenoxy) is 1. The average molecular weight is 178 g/mol. The van der Waals surface area contributed by atoms with Crippen LogP contribution in [0.1, 0.15) is 19.8 Å². The van der Waals surface area contributed by atoms with Crippen LogP contribution in [0.25, 0.3) is 0 Å². The van der Waals surface area contributed by atoms with Crippen LogP contribution in [0, 0.1) is 5.92 Å². The topological polar surface area (TPSA) is 48.1 Å². The van der Waals surface area contributed by atoms with Gasteiger partial charge in [0, 0.05) is 18.0 Å². The molecule has 1 fully saturated rings. The number of rotatable bonds is 3. The maximum Gasteiger partial charge on any atom is 0.215 e. The van der Waals surface area contributed by atoms with E-state index >= 15 is 0 Å². The first-order valence-electron chi connectivity index (χ1n) is 4.64. The van der Waals surface area contributed by atoms with Crippen LogP contribution in [0.15, 0.2) is 18.3 Å². The molecule has 0 spiro atoms. The van der Waals surface area contributed by atoms with Gasteiger partial charge in [-0.15, -0.1) is 0 Å². The van der Waals surface area contributed by atoms with Crippen LogP contribution >= 0.6 is 0 Å². The molecule has 0 aromatic carbocycles. The summed E-state index contributed by atoms with van der Waals surface area (Å²) in [5, 5.41) is 0. The minimum absolute atomic E-state index is 0.272. The van der Waals surface area contributed by atoms with Crippen molar-refractivity contribution in [3.63, 3.8) is 0 Å². The lowest BCUT2D eigenvalue weighted by atomic mass is 10.3. The van der Waals surface area contributed by atoms with E-state index in [0.717, 1.165) is 5.92 Å². The molecular formula is C10H14N2O. The molecule has 1 unspecified atom stereocenters. The molecule has 0 amide bonds. The molecule has 1 heterocycles. The van der Waals surface area contributed by atoms with E-state index in [2.05, 4.69) is 11.9 Å². The average Bonchev–Trinajstić information content (AvgIpc) is 2.85. The number of hydrogen-bond acceptors (Lipinski definition) is 3. The SMILES string of the molecule is CC(Oc1cc(N)ccn1)C1CC1. The molecule has 3 nitrogen and oxygen atoms in total. The van der Waals surface area contributed by atoms with Crippen molar-refractivity contribution in [2.45, 2.75) is 25.9 Å². The summed E-state index contributed by atoms with van der Waals surface area (Å²) >= 11 is 0. The normalized spacial score (nSPS) is 18.2. The number of nitrogens with zero attached hydrogens (tertiary/aromatic N) is 1. The highest BCUT2D eigenvalue weighted by atomic mass is 16.5. The van der Waals surface area contributed by atoms with Gasteiger partial charge in [0.1, 0.15) is 6.10 Å². The van der Waals surface area contributed by atoms with Gasteiger partial charge in [-0.2, -0.15) is 0 Å². The fourth-order valence-corrected chi connectivity index (χ4v) is 1.34. The van der Waals surface area contributed by atoms with Crippen molar-refractivity contribution >= 4 is 5.69 Å². The Bertz CT molecular complexity index is 297. The zero-order valence-electron chi connectivity index (χ0n) is 7.73. The number of nitrogens with two attached hydrogens (primary N) is 1. The van der Waals surface area contributed by atoms with Gasteiger partial charge in [-0.25, -0.2) is 4.98 Å². The molecule has 2 rings (SSSR count). The maximum atomic E-state index is 5.63. The van der Waals surface area contributed by atoms with Crippen molar-refractivity contribution in [2.24, 2.45) is 5.92 Å². The molecule has 1 aromatic rings. The summed E-state index contributed by atoms with van der Waals surface area (Å²) in [5.41, 5.74) is 6.31. The predicted molar refractivity (Wildman–Crippen MR) is 51.5 cm³/mol. The smallest absolute Gasteiger partial charge is 0.215 e. The van der Waals surface area contributed by atoms with Gasteiger partial charge in [0.2, 0.25) is 5.88 Å². The number of hydrogen-bond donors (Lipinski definition) is 1. The molecule has 1 aliphatic carbocycles. The first-order valence-corrected chi connectivity index (χ1v) is 4.64. The Labute approximate surface area is 77.9 Å². The van der Waals surface area contributed by atoms with E-state index in [0.29, 0.717) is 11.6 Å². The standard InChI is InChI=1S/C10H14N2O/c1-7(8-2-3-8)13-10-6-9(11)4-5-12-10/h4-8H,2-3H2,1H3,(H2,11,12). The van der Waals surface area contributed by atoms with Gasteiger partial charge in [0.05, 0.1) is 0 Å². The quantitative estimate of drug-likeness (QED) is 0.768. The van der Waals surface area contributed by atoms with E-state index in [1.807, 2.05) is 0 Å². The van der Waals surface area contributed by atoms with Crippen molar-refractivity contribution in [1.82, 2.24) is 4.98 Å². The Balaban J connectivity index is 2.00. The largest absolute Gasteiger partial charge is 0.474 e. The highest BCUT2D eigenvalue weighted by molar-refractivity contribution is 5.39. The first-order chi connectivity index (χ1) is 6.25. The predicted octanol–water partition coefficient (Wildman–Crippen LogP) is 1.84. The van der Waals surface area contributed by atoms with Gasteiger partial charge in [-0.1, -0.05) is 0 Å². The lowest BCUT2D eigenvalue weighted by molar-refractivity contribution is 0.190. The molecule has 1 saturated carbocycles. The molecule has 0 radical (unpaired) electrons. The fourth-order valence-electron chi connectivity index (χ4n) is 1.34. The van der Waals surface area contributed by atoms with Crippen LogP contribution in [-0.4, -0.2) is 11.1 Å². The second-order valence-electron chi connectivity index (χ2n) is 3.59. The summed E-state index contributed by atoms with van der Waals surface area (Å²) in [6.45, 7) is 2.09. The first kappa shape index (κ1) is 8.35. The Hall–Kier alpha value is -1.25. The fraction of sp³-hybridized carbons (Fsp3) is 0.500. The number of nitrogen functional groups attached to an aromatic ring is 1. The minimum Gasteiger partial charge on any atom is -0.474 e. The molecule has 3 heteroatoms. The van der Waals surface area contributed by atoms with Crippen LogP contribution in [0.2, 0.25) is 0 Å². The molecule has 13 heavy (non-hydrogen) atoms.